The SMILES string of the molecule is C[Si](C)(C)O[Si](C)(C)O[Si](C)(CCN)O[Si](C)(C)C. The third-order valence-electron chi connectivity index (χ3n) is 2.13. The molecule has 0 saturated carbocycles. The lowest BCUT2D eigenvalue weighted by Crippen LogP contribution is -2.57. The molecule has 0 aliphatic heterocycles. The predicted octanol–water partition coefficient (Wildman–Crippen LogP) is 3.44. The van der Waals surface area contributed by atoms with Crippen molar-refractivity contribution >= 4 is 33.8 Å². The topological polar surface area (TPSA) is 53.7 Å². The van der Waals surface area contributed by atoms with Crippen molar-refractivity contribution in [2.75, 3.05) is 6.54 Å². The summed E-state index contributed by atoms with van der Waals surface area (Å²) in [7, 11) is -7.59. The Balaban J connectivity index is 4.91. The first-order valence-electron chi connectivity index (χ1n) is 6.99. The Labute approximate surface area is 123 Å². The standard InChI is InChI=1S/C11H33NO3Si4/c1-16(2,3)13-18(7,8)15-19(9,11-10-12)14-17(4,5)6/h10-12H2,1-9H3. The molecule has 0 fully saturated rings. The zero-order valence-electron chi connectivity index (χ0n) is 14.2. The molecule has 1 unspecified atom stereocenters. The van der Waals surface area contributed by atoms with Crippen molar-refractivity contribution in [1.29, 1.82) is 0 Å². The van der Waals surface area contributed by atoms with Gasteiger partial charge in [-0.1, -0.05) is 0 Å². The minimum Gasteiger partial charge on any atom is -0.437 e. The molecule has 0 heterocycles. The Morgan fingerprint density at radius 2 is 1.11 bits per heavy atom. The lowest BCUT2D eigenvalue weighted by molar-refractivity contribution is 0.324. The fourth-order valence-electron chi connectivity index (χ4n) is 2.31. The average Bonchev–Trinajstić information content (AvgIpc) is 1.90. The first-order valence-corrected chi connectivity index (χ1v) is 19.1. The summed E-state index contributed by atoms with van der Waals surface area (Å²) in [5.74, 6) is 0. The van der Waals surface area contributed by atoms with Crippen molar-refractivity contribution in [1.82, 2.24) is 0 Å². The molecule has 116 valence electrons. The molecule has 0 radical (unpaired) electrons. The van der Waals surface area contributed by atoms with Crippen molar-refractivity contribution in [3.63, 3.8) is 0 Å². The average molecular weight is 340 g/mol. The number of nitrogens with two attached hydrogens (primary N) is 1. The van der Waals surface area contributed by atoms with Gasteiger partial charge in [-0.3, -0.25) is 0 Å². The Hall–Kier alpha value is 0.708. The number of rotatable bonds is 8. The van der Waals surface area contributed by atoms with Crippen LogP contribution < -0.4 is 5.73 Å². The molecule has 4 nitrogen and oxygen atoms in total. The molecule has 0 amide bonds. The van der Waals surface area contributed by atoms with Gasteiger partial charge in [0.1, 0.15) is 0 Å². The minimum absolute atomic E-state index is 0.616. The molecule has 0 aliphatic carbocycles. The molecule has 0 bridgehead atoms. The molecule has 0 aromatic carbocycles. The fourth-order valence-corrected chi connectivity index (χ4v) is 20.0. The van der Waals surface area contributed by atoms with E-state index < -0.39 is 33.8 Å². The van der Waals surface area contributed by atoms with Crippen LogP contribution in [0, 0.1) is 0 Å². The minimum atomic E-state index is -2.22. The summed E-state index contributed by atoms with van der Waals surface area (Å²) in [5.41, 5.74) is 5.75. The van der Waals surface area contributed by atoms with Crippen molar-refractivity contribution < 1.29 is 12.3 Å². The van der Waals surface area contributed by atoms with Gasteiger partial charge < -0.3 is 18.1 Å². The highest BCUT2D eigenvalue weighted by molar-refractivity contribution is 6.89. The van der Waals surface area contributed by atoms with Gasteiger partial charge in [0.2, 0.25) is 0 Å². The quantitative estimate of drug-likeness (QED) is 0.688. The van der Waals surface area contributed by atoms with E-state index in [1.54, 1.807) is 0 Å². The van der Waals surface area contributed by atoms with Crippen LogP contribution in [-0.4, -0.2) is 40.3 Å². The largest absolute Gasteiger partial charge is 0.437 e. The second-order valence-electron chi connectivity index (χ2n) is 7.60. The smallest absolute Gasteiger partial charge is 0.317 e. The van der Waals surface area contributed by atoms with Crippen LogP contribution in [0.5, 0.6) is 0 Å². The van der Waals surface area contributed by atoms with E-state index in [-0.39, 0.29) is 0 Å². The summed E-state index contributed by atoms with van der Waals surface area (Å²) < 4.78 is 19.1. The third kappa shape index (κ3) is 10.1. The highest BCUT2D eigenvalue weighted by Crippen LogP contribution is 2.26. The van der Waals surface area contributed by atoms with Crippen molar-refractivity contribution in [2.45, 2.75) is 65.0 Å². The Morgan fingerprint density at radius 3 is 1.42 bits per heavy atom. The highest BCUT2D eigenvalue weighted by atomic mass is 28.5. The van der Waals surface area contributed by atoms with E-state index in [4.69, 9.17) is 18.1 Å². The second-order valence-corrected chi connectivity index (χ2v) is 24.1. The van der Waals surface area contributed by atoms with Gasteiger partial charge in [0, 0.05) is 6.04 Å². The third-order valence-corrected chi connectivity index (χ3v) is 15.6. The van der Waals surface area contributed by atoms with E-state index in [1.807, 2.05) is 0 Å². The van der Waals surface area contributed by atoms with E-state index in [2.05, 4.69) is 58.9 Å². The van der Waals surface area contributed by atoms with Crippen LogP contribution in [0.3, 0.4) is 0 Å². The number of hydrogen-bond donors (Lipinski definition) is 1. The molecule has 0 saturated heterocycles. The maximum Gasteiger partial charge on any atom is 0.317 e. The molecule has 0 aliphatic rings. The molecule has 8 heteroatoms. The van der Waals surface area contributed by atoms with Crippen molar-refractivity contribution in [2.24, 2.45) is 5.73 Å². The molecule has 19 heavy (non-hydrogen) atoms. The monoisotopic (exact) mass is 339 g/mol. The van der Waals surface area contributed by atoms with Gasteiger partial charge >= 0.3 is 17.1 Å². The Kier molecular flexibility index (Phi) is 6.89. The van der Waals surface area contributed by atoms with Gasteiger partial charge in [-0.25, -0.2) is 0 Å². The summed E-state index contributed by atoms with van der Waals surface area (Å²) in [6, 6.07) is 0.836. The summed E-state index contributed by atoms with van der Waals surface area (Å²) >= 11 is 0. The highest BCUT2D eigenvalue weighted by Gasteiger charge is 2.43. The number of hydrogen-bond acceptors (Lipinski definition) is 4. The van der Waals surface area contributed by atoms with E-state index >= 15 is 0 Å². The molecule has 0 aromatic rings. The first-order chi connectivity index (χ1) is 8.18. The zero-order valence-corrected chi connectivity index (χ0v) is 18.2. The van der Waals surface area contributed by atoms with E-state index in [9.17, 15) is 0 Å². The zero-order chi connectivity index (χ0) is 15.5. The first kappa shape index (κ1) is 19.7. The van der Waals surface area contributed by atoms with Crippen LogP contribution in [-0.2, 0) is 12.3 Å². The summed E-state index contributed by atoms with van der Waals surface area (Å²) in [4.78, 5) is 0. The molecular formula is C11H33NO3Si4. The van der Waals surface area contributed by atoms with Crippen LogP contribution in [0.2, 0.25) is 65.0 Å². The second kappa shape index (κ2) is 6.65. The summed E-state index contributed by atoms with van der Waals surface area (Å²) in [6.07, 6.45) is 0. The van der Waals surface area contributed by atoms with Gasteiger partial charge in [-0.15, -0.1) is 0 Å². The van der Waals surface area contributed by atoms with Gasteiger partial charge in [-0.2, -0.15) is 0 Å². The Bertz CT molecular complexity index is 289. The fraction of sp³-hybridized carbons (Fsp3) is 1.00. The normalized spacial score (nSPS) is 17.4. The van der Waals surface area contributed by atoms with E-state index in [0.717, 1.165) is 6.04 Å². The predicted molar refractivity (Wildman–Crippen MR) is 92.9 cm³/mol. The molecular weight excluding hydrogens is 306 g/mol. The van der Waals surface area contributed by atoms with Gasteiger partial charge in [0.25, 0.3) is 0 Å². The van der Waals surface area contributed by atoms with Crippen LogP contribution in [0.25, 0.3) is 0 Å². The maximum absolute atomic E-state index is 6.44. The van der Waals surface area contributed by atoms with Gasteiger partial charge in [0.05, 0.1) is 0 Å². The molecule has 1 atom stereocenters. The molecule has 0 spiro atoms. The maximum atomic E-state index is 6.44. The van der Waals surface area contributed by atoms with Gasteiger partial charge in [-0.05, 0) is 65.5 Å². The van der Waals surface area contributed by atoms with Crippen LogP contribution in [0.1, 0.15) is 0 Å². The summed E-state index contributed by atoms with van der Waals surface area (Å²) in [5, 5.41) is 0. The van der Waals surface area contributed by atoms with E-state index in [1.165, 1.54) is 0 Å². The Morgan fingerprint density at radius 1 is 0.684 bits per heavy atom. The van der Waals surface area contributed by atoms with Crippen molar-refractivity contribution in [3.05, 3.63) is 0 Å². The van der Waals surface area contributed by atoms with Gasteiger partial charge in [0.15, 0.2) is 16.6 Å². The van der Waals surface area contributed by atoms with E-state index in [0.29, 0.717) is 6.54 Å². The van der Waals surface area contributed by atoms with Crippen LogP contribution in [0.15, 0.2) is 0 Å². The molecule has 0 aromatic heterocycles. The van der Waals surface area contributed by atoms with Crippen molar-refractivity contribution in [3.8, 4) is 0 Å². The molecule has 2 N–H and O–H groups in total. The lowest BCUT2D eigenvalue weighted by Gasteiger charge is -2.41. The summed E-state index contributed by atoms with van der Waals surface area (Å²) in [6.45, 7) is 20.2. The van der Waals surface area contributed by atoms with Crippen LogP contribution >= 0.6 is 0 Å². The lowest BCUT2D eigenvalue weighted by atomic mass is 10.8. The molecule has 0 rings (SSSR count). The van der Waals surface area contributed by atoms with Crippen LogP contribution in [0.4, 0.5) is 0 Å².